The zero-order valence-corrected chi connectivity index (χ0v) is 13.3. The molecule has 2 rings (SSSR count). The minimum Gasteiger partial charge on any atom is -0.384 e. The second-order valence-electron chi connectivity index (χ2n) is 6.07. The first-order chi connectivity index (χ1) is 10.0. The Kier molecular flexibility index (Phi) is 5.17. The third kappa shape index (κ3) is 3.73. The predicted molar refractivity (Wildman–Crippen MR) is 86.2 cm³/mol. The van der Waals surface area contributed by atoms with Crippen molar-refractivity contribution in [2.24, 2.45) is 11.7 Å². The van der Waals surface area contributed by atoms with Gasteiger partial charge in [-0.15, -0.1) is 0 Å². The van der Waals surface area contributed by atoms with Crippen molar-refractivity contribution in [3.8, 4) is 0 Å². The molecule has 116 valence electrons. The first kappa shape index (κ1) is 15.8. The fourth-order valence-electron chi connectivity index (χ4n) is 2.83. The minimum absolute atomic E-state index is 0.0957. The molecule has 1 heterocycles. The van der Waals surface area contributed by atoms with Crippen LogP contribution in [0.5, 0.6) is 0 Å². The molecule has 0 spiro atoms. The molecule has 0 radical (unpaired) electrons. The van der Waals surface area contributed by atoms with Crippen LogP contribution in [0.3, 0.4) is 0 Å². The number of nitrogens with zero attached hydrogens (tertiary/aromatic N) is 2. The number of nitrogens with two attached hydrogens (primary N) is 1. The molecule has 5 nitrogen and oxygen atoms in total. The standard InChI is InChI=1S/C16H26N4O/c1-11(2)10-20(7-8-21-3)16-13(15(17)18)9-12-5-4-6-14(12)19-16/h9,11H,4-8,10H2,1-3H3,(H3,17,18). The van der Waals surface area contributed by atoms with Crippen LogP contribution in [0.1, 0.15) is 37.1 Å². The van der Waals surface area contributed by atoms with Gasteiger partial charge in [-0.05, 0) is 36.8 Å². The number of anilines is 1. The van der Waals surface area contributed by atoms with E-state index in [2.05, 4.69) is 24.8 Å². The van der Waals surface area contributed by atoms with Crippen LogP contribution in [0.2, 0.25) is 0 Å². The van der Waals surface area contributed by atoms with Gasteiger partial charge in [0.1, 0.15) is 11.7 Å². The first-order valence-electron chi connectivity index (χ1n) is 7.64. The summed E-state index contributed by atoms with van der Waals surface area (Å²) in [6.07, 6.45) is 3.22. The average Bonchev–Trinajstić information content (AvgIpc) is 2.88. The predicted octanol–water partition coefficient (Wildman–Crippen LogP) is 1.96. The highest BCUT2D eigenvalue weighted by Gasteiger charge is 2.21. The van der Waals surface area contributed by atoms with E-state index in [0.717, 1.165) is 43.7 Å². The van der Waals surface area contributed by atoms with Crippen LogP contribution in [0, 0.1) is 11.3 Å². The van der Waals surface area contributed by atoms with Gasteiger partial charge in [-0.1, -0.05) is 13.8 Å². The van der Waals surface area contributed by atoms with Gasteiger partial charge in [0, 0.05) is 25.9 Å². The molecule has 0 amide bonds. The molecule has 0 saturated carbocycles. The van der Waals surface area contributed by atoms with Crippen molar-refractivity contribution in [2.45, 2.75) is 33.1 Å². The molecule has 0 unspecified atom stereocenters. The van der Waals surface area contributed by atoms with Gasteiger partial charge >= 0.3 is 0 Å². The molecule has 0 aromatic carbocycles. The average molecular weight is 290 g/mol. The smallest absolute Gasteiger partial charge is 0.139 e. The van der Waals surface area contributed by atoms with Gasteiger partial charge in [0.15, 0.2) is 0 Å². The molecule has 3 N–H and O–H groups in total. The molecule has 1 aromatic rings. The lowest BCUT2D eigenvalue weighted by molar-refractivity contribution is 0.204. The van der Waals surface area contributed by atoms with Crippen LogP contribution in [-0.4, -0.2) is 37.6 Å². The summed E-state index contributed by atoms with van der Waals surface area (Å²) >= 11 is 0. The molecule has 1 aliphatic carbocycles. The topological polar surface area (TPSA) is 75.2 Å². The number of ether oxygens (including phenoxy) is 1. The maximum Gasteiger partial charge on any atom is 0.139 e. The SMILES string of the molecule is COCCN(CC(C)C)c1nc2c(cc1C(=N)N)CCC2. The summed E-state index contributed by atoms with van der Waals surface area (Å²) in [6, 6.07) is 2.06. The van der Waals surface area contributed by atoms with Gasteiger partial charge in [-0.25, -0.2) is 4.98 Å². The van der Waals surface area contributed by atoms with E-state index in [1.54, 1.807) is 7.11 Å². The minimum atomic E-state index is 0.0957. The lowest BCUT2D eigenvalue weighted by atomic mass is 10.1. The van der Waals surface area contributed by atoms with E-state index < -0.39 is 0 Å². The Morgan fingerprint density at radius 3 is 2.86 bits per heavy atom. The molecule has 0 saturated heterocycles. The molecule has 0 bridgehead atoms. The second-order valence-corrected chi connectivity index (χ2v) is 6.07. The maximum atomic E-state index is 7.87. The summed E-state index contributed by atoms with van der Waals surface area (Å²) in [5, 5.41) is 7.87. The number of methoxy groups -OCH3 is 1. The Hall–Kier alpha value is -1.62. The summed E-state index contributed by atoms with van der Waals surface area (Å²) < 4.78 is 5.21. The second kappa shape index (κ2) is 6.89. The lowest BCUT2D eigenvalue weighted by Gasteiger charge is -2.28. The zero-order chi connectivity index (χ0) is 15.4. The number of aryl methyl sites for hydroxylation is 2. The summed E-state index contributed by atoms with van der Waals surface area (Å²) in [5.41, 5.74) is 8.97. The van der Waals surface area contributed by atoms with Gasteiger partial charge in [0.2, 0.25) is 0 Å². The molecule has 0 atom stereocenters. The Morgan fingerprint density at radius 1 is 1.48 bits per heavy atom. The highest BCUT2D eigenvalue weighted by Crippen LogP contribution is 2.27. The fraction of sp³-hybridized carbons (Fsp3) is 0.625. The fourth-order valence-corrected chi connectivity index (χ4v) is 2.83. The summed E-state index contributed by atoms with van der Waals surface area (Å²) in [7, 11) is 1.70. The van der Waals surface area contributed by atoms with Gasteiger partial charge < -0.3 is 15.4 Å². The highest BCUT2D eigenvalue weighted by molar-refractivity contribution is 6.00. The Morgan fingerprint density at radius 2 is 2.24 bits per heavy atom. The van der Waals surface area contributed by atoms with Crippen molar-refractivity contribution >= 4 is 11.7 Å². The van der Waals surface area contributed by atoms with E-state index >= 15 is 0 Å². The quantitative estimate of drug-likeness (QED) is 0.594. The van der Waals surface area contributed by atoms with E-state index in [4.69, 9.17) is 20.9 Å². The van der Waals surface area contributed by atoms with Crippen LogP contribution < -0.4 is 10.6 Å². The van der Waals surface area contributed by atoms with Crippen LogP contribution in [0.25, 0.3) is 0 Å². The molecule has 0 aliphatic heterocycles. The van der Waals surface area contributed by atoms with Gasteiger partial charge in [0.05, 0.1) is 12.2 Å². The maximum absolute atomic E-state index is 7.87. The van der Waals surface area contributed by atoms with E-state index in [1.165, 1.54) is 11.3 Å². The normalized spacial score (nSPS) is 13.5. The number of amidine groups is 1. The number of nitrogen functional groups attached to an aromatic ring is 1. The van der Waals surface area contributed by atoms with E-state index in [0.29, 0.717) is 12.5 Å². The molecule has 0 fully saturated rings. The number of aromatic nitrogens is 1. The molecule has 5 heteroatoms. The molecule has 21 heavy (non-hydrogen) atoms. The Balaban J connectivity index is 2.39. The van der Waals surface area contributed by atoms with Crippen molar-refractivity contribution < 1.29 is 4.74 Å². The number of rotatable bonds is 7. The summed E-state index contributed by atoms with van der Waals surface area (Å²) in [5.74, 6) is 1.45. The van der Waals surface area contributed by atoms with Crippen molar-refractivity contribution in [1.29, 1.82) is 5.41 Å². The van der Waals surface area contributed by atoms with Crippen LogP contribution in [-0.2, 0) is 17.6 Å². The van der Waals surface area contributed by atoms with Gasteiger partial charge in [-0.2, -0.15) is 0 Å². The van der Waals surface area contributed by atoms with Crippen molar-refractivity contribution in [1.82, 2.24) is 4.98 Å². The van der Waals surface area contributed by atoms with Crippen molar-refractivity contribution in [2.75, 3.05) is 31.7 Å². The van der Waals surface area contributed by atoms with Gasteiger partial charge in [0.25, 0.3) is 0 Å². The Labute approximate surface area is 127 Å². The van der Waals surface area contributed by atoms with Crippen LogP contribution in [0.15, 0.2) is 6.07 Å². The summed E-state index contributed by atoms with van der Waals surface area (Å²) in [6.45, 7) is 6.65. The number of nitrogens with one attached hydrogen (secondary N) is 1. The van der Waals surface area contributed by atoms with E-state index in [9.17, 15) is 0 Å². The Bertz CT molecular complexity index is 513. The van der Waals surface area contributed by atoms with Crippen molar-refractivity contribution in [3.63, 3.8) is 0 Å². The molecular formula is C16H26N4O. The zero-order valence-electron chi connectivity index (χ0n) is 13.3. The molecular weight excluding hydrogens is 264 g/mol. The summed E-state index contributed by atoms with van der Waals surface area (Å²) in [4.78, 5) is 7.03. The van der Waals surface area contributed by atoms with E-state index in [1.807, 2.05) is 0 Å². The molecule has 1 aromatic heterocycles. The van der Waals surface area contributed by atoms with Crippen LogP contribution in [0.4, 0.5) is 5.82 Å². The monoisotopic (exact) mass is 290 g/mol. The molecule has 1 aliphatic rings. The third-order valence-electron chi connectivity index (χ3n) is 3.77. The highest BCUT2D eigenvalue weighted by atomic mass is 16.5. The van der Waals surface area contributed by atoms with Crippen molar-refractivity contribution in [3.05, 3.63) is 22.9 Å². The third-order valence-corrected chi connectivity index (χ3v) is 3.77. The van der Waals surface area contributed by atoms with E-state index in [-0.39, 0.29) is 5.84 Å². The number of hydrogen-bond acceptors (Lipinski definition) is 4. The van der Waals surface area contributed by atoms with Gasteiger partial charge in [-0.3, -0.25) is 5.41 Å². The number of fused-ring (bicyclic) bond motifs is 1. The lowest BCUT2D eigenvalue weighted by Crippen LogP contribution is -2.34. The number of hydrogen-bond donors (Lipinski definition) is 2. The van der Waals surface area contributed by atoms with Crippen LogP contribution >= 0.6 is 0 Å². The number of pyridine rings is 1. The first-order valence-corrected chi connectivity index (χ1v) is 7.64. The largest absolute Gasteiger partial charge is 0.384 e.